The van der Waals surface area contributed by atoms with Crippen LogP contribution in [0, 0.1) is 23.1 Å². The van der Waals surface area contributed by atoms with Crippen LogP contribution in [0.4, 0.5) is 4.39 Å². The molecule has 0 aliphatic carbocycles. The van der Waals surface area contributed by atoms with Crippen LogP contribution in [0.2, 0.25) is 0 Å². The topological polar surface area (TPSA) is 70.4 Å². The molecule has 1 aliphatic heterocycles. The Balaban J connectivity index is 1.31. The van der Waals surface area contributed by atoms with Gasteiger partial charge in [0.05, 0.1) is 17.2 Å². The van der Waals surface area contributed by atoms with Crippen LogP contribution < -0.4 is 4.74 Å². The van der Waals surface area contributed by atoms with Crippen molar-refractivity contribution in [2.45, 2.75) is 19.3 Å². The largest absolute Gasteiger partial charge is 0.454 e. The molecule has 33 heavy (non-hydrogen) atoms. The minimum Gasteiger partial charge on any atom is -0.454 e. The van der Waals surface area contributed by atoms with E-state index in [1.165, 1.54) is 6.07 Å². The number of para-hydroxylation sites is 1. The van der Waals surface area contributed by atoms with Gasteiger partial charge in [0.1, 0.15) is 11.5 Å². The fourth-order valence-corrected chi connectivity index (χ4v) is 4.02. The van der Waals surface area contributed by atoms with Crippen molar-refractivity contribution in [3.05, 3.63) is 95.3 Å². The normalized spacial score (nSPS) is 13.9. The average Bonchev–Trinajstić information content (AvgIpc) is 2.86. The van der Waals surface area contributed by atoms with Gasteiger partial charge in [0.25, 0.3) is 5.91 Å². The number of nitrogens with zero attached hydrogens (tertiary/aromatic N) is 2. The third kappa shape index (κ3) is 5.27. The van der Waals surface area contributed by atoms with Crippen LogP contribution in [0.1, 0.15) is 34.3 Å². The highest BCUT2D eigenvalue weighted by atomic mass is 19.1. The molecule has 3 aromatic carbocycles. The van der Waals surface area contributed by atoms with E-state index in [2.05, 4.69) is 6.07 Å². The first kappa shape index (κ1) is 22.2. The molecule has 0 bridgehead atoms. The van der Waals surface area contributed by atoms with Crippen molar-refractivity contribution in [1.82, 2.24) is 4.90 Å². The summed E-state index contributed by atoms with van der Waals surface area (Å²) in [5.74, 6) is 0.0962. The Labute approximate surface area is 192 Å². The third-order valence-corrected chi connectivity index (χ3v) is 5.88. The Bertz CT molecular complexity index is 1190. The lowest BCUT2D eigenvalue weighted by atomic mass is 9.89. The molecule has 0 aromatic heterocycles. The molecule has 1 aliphatic rings. The maximum absolute atomic E-state index is 13.7. The summed E-state index contributed by atoms with van der Waals surface area (Å²) in [6, 6.07) is 22.1. The van der Waals surface area contributed by atoms with Gasteiger partial charge in [0, 0.05) is 25.4 Å². The highest BCUT2D eigenvalue weighted by molar-refractivity contribution is 5.96. The standard InChI is InChI=1S/C27H23FN2O3/c28-24-7-3-4-8-26(24)33-22-11-9-19(10-12-22)17-25(31)20-13-15-30(16-14-20)27(32)23-6-2-1-5-21(23)18-29/h1-12,20H,13-17H2. The van der Waals surface area contributed by atoms with Crippen LogP contribution in [-0.4, -0.2) is 29.7 Å². The van der Waals surface area contributed by atoms with Crippen LogP contribution in [0.25, 0.3) is 0 Å². The van der Waals surface area contributed by atoms with E-state index >= 15 is 0 Å². The molecular weight excluding hydrogens is 419 g/mol. The first-order valence-electron chi connectivity index (χ1n) is 10.9. The number of hydrogen-bond acceptors (Lipinski definition) is 4. The minimum atomic E-state index is -0.433. The average molecular weight is 442 g/mol. The van der Waals surface area contributed by atoms with Gasteiger partial charge >= 0.3 is 0 Å². The molecule has 1 amide bonds. The molecule has 3 aromatic rings. The molecule has 1 fully saturated rings. The van der Waals surface area contributed by atoms with Crippen molar-refractivity contribution >= 4 is 11.7 Å². The van der Waals surface area contributed by atoms with Gasteiger partial charge in [-0.1, -0.05) is 36.4 Å². The number of ether oxygens (including phenoxy) is 1. The number of benzene rings is 3. The van der Waals surface area contributed by atoms with E-state index in [1.807, 2.05) is 12.1 Å². The molecule has 4 rings (SSSR count). The van der Waals surface area contributed by atoms with E-state index in [-0.39, 0.29) is 23.4 Å². The molecule has 6 heteroatoms. The van der Waals surface area contributed by atoms with Gasteiger partial charge in [0.15, 0.2) is 11.6 Å². The summed E-state index contributed by atoms with van der Waals surface area (Å²) in [4.78, 5) is 27.3. The summed E-state index contributed by atoms with van der Waals surface area (Å²) in [6.45, 7) is 0.981. The smallest absolute Gasteiger partial charge is 0.255 e. The Morgan fingerprint density at radius 1 is 0.970 bits per heavy atom. The molecule has 5 nitrogen and oxygen atoms in total. The van der Waals surface area contributed by atoms with Crippen LogP contribution in [0.3, 0.4) is 0 Å². The molecule has 166 valence electrons. The molecule has 0 N–H and O–H groups in total. The Morgan fingerprint density at radius 3 is 2.33 bits per heavy atom. The van der Waals surface area contributed by atoms with Crippen LogP contribution in [0.5, 0.6) is 11.5 Å². The third-order valence-electron chi connectivity index (χ3n) is 5.88. The Morgan fingerprint density at radius 2 is 1.64 bits per heavy atom. The number of ketones is 1. The van der Waals surface area contributed by atoms with Gasteiger partial charge in [-0.15, -0.1) is 0 Å². The molecule has 0 atom stereocenters. The van der Waals surface area contributed by atoms with E-state index in [1.54, 1.807) is 59.5 Å². The zero-order valence-electron chi connectivity index (χ0n) is 18.0. The van der Waals surface area contributed by atoms with Crippen LogP contribution >= 0.6 is 0 Å². The number of amides is 1. The molecule has 0 spiro atoms. The number of likely N-dealkylation sites (tertiary alicyclic amines) is 1. The lowest BCUT2D eigenvalue weighted by molar-refractivity contribution is -0.123. The van der Waals surface area contributed by atoms with Crippen molar-refractivity contribution in [3.63, 3.8) is 0 Å². The van der Waals surface area contributed by atoms with Crippen molar-refractivity contribution < 1.29 is 18.7 Å². The number of carbonyl (C=O) groups excluding carboxylic acids is 2. The molecule has 1 saturated heterocycles. The van der Waals surface area contributed by atoms with Crippen LogP contribution in [-0.2, 0) is 11.2 Å². The lowest BCUT2D eigenvalue weighted by Gasteiger charge is -2.31. The van der Waals surface area contributed by atoms with Gasteiger partial charge in [-0.05, 0) is 54.8 Å². The second-order valence-corrected chi connectivity index (χ2v) is 8.04. The Kier molecular flexibility index (Phi) is 6.80. The van der Waals surface area contributed by atoms with Crippen molar-refractivity contribution in [1.29, 1.82) is 5.26 Å². The van der Waals surface area contributed by atoms with Gasteiger partial charge in [-0.3, -0.25) is 9.59 Å². The summed E-state index contributed by atoms with van der Waals surface area (Å²) in [6.07, 6.45) is 1.51. The van der Waals surface area contributed by atoms with E-state index in [4.69, 9.17) is 4.74 Å². The summed E-state index contributed by atoms with van der Waals surface area (Å²) >= 11 is 0. The molecule has 1 heterocycles. The number of nitriles is 1. The highest BCUT2D eigenvalue weighted by Crippen LogP contribution is 2.26. The molecule has 0 unspecified atom stereocenters. The fraction of sp³-hybridized carbons (Fsp3) is 0.222. The monoisotopic (exact) mass is 442 g/mol. The van der Waals surface area contributed by atoms with Gasteiger partial charge in [0.2, 0.25) is 0 Å². The fourth-order valence-electron chi connectivity index (χ4n) is 4.02. The number of hydrogen-bond donors (Lipinski definition) is 0. The number of halogens is 1. The second-order valence-electron chi connectivity index (χ2n) is 8.04. The summed E-state index contributed by atoms with van der Waals surface area (Å²) in [5, 5.41) is 9.23. The summed E-state index contributed by atoms with van der Waals surface area (Å²) < 4.78 is 19.3. The maximum Gasteiger partial charge on any atom is 0.255 e. The maximum atomic E-state index is 13.7. The quantitative estimate of drug-likeness (QED) is 0.529. The van der Waals surface area contributed by atoms with Gasteiger partial charge in [-0.25, -0.2) is 4.39 Å². The van der Waals surface area contributed by atoms with Gasteiger partial charge in [-0.2, -0.15) is 5.26 Å². The molecule has 0 saturated carbocycles. The summed E-state index contributed by atoms with van der Waals surface area (Å²) in [7, 11) is 0. The first-order chi connectivity index (χ1) is 16.0. The van der Waals surface area contributed by atoms with E-state index < -0.39 is 5.82 Å². The van der Waals surface area contributed by atoms with Crippen molar-refractivity contribution in [2.75, 3.05) is 13.1 Å². The predicted molar refractivity (Wildman–Crippen MR) is 121 cm³/mol. The predicted octanol–water partition coefficient (Wildman–Crippen LogP) is 5.15. The number of Topliss-reactive ketones (excluding diaryl/α,β-unsaturated/α-hetero) is 1. The highest BCUT2D eigenvalue weighted by Gasteiger charge is 2.28. The van der Waals surface area contributed by atoms with E-state index in [9.17, 15) is 19.2 Å². The van der Waals surface area contributed by atoms with E-state index in [0.29, 0.717) is 49.2 Å². The number of rotatable bonds is 6. The minimum absolute atomic E-state index is 0.102. The Hall–Kier alpha value is -3.98. The first-order valence-corrected chi connectivity index (χ1v) is 10.9. The number of carbonyl (C=O) groups is 2. The summed E-state index contributed by atoms with van der Waals surface area (Å²) in [5.41, 5.74) is 1.63. The SMILES string of the molecule is N#Cc1ccccc1C(=O)N1CCC(C(=O)Cc2ccc(Oc3ccccc3F)cc2)CC1. The van der Waals surface area contributed by atoms with Crippen molar-refractivity contribution in [3.8, 4) is 17.6 Å². The van der Waals surface area contributed by atoms with Gasteiger partial charge < -0.3 is 9.64 Å². The van der Waals surface area contributed by atoms with Crippen LogP contribution in [0.15, 0.2) is 72.8 Å². The van der Waals surface area contributed by atoms with E-state index in [0.717, 1.165) is 5.56 Å². The molecule has 0 radical (unpaired) electrons. The zero-order valence-corrected chi connectivity index (χ0v) is 18.0. The second kappa shape index (κ2) is 10.1. The molecular formula is C27H23FN2O3. The zero-order chi connectivity index (χ0) is 23.2. The number of piperidine rings is 1. The lowest BCUT2D eigenvalue weighted by Crippen LogP contribution is -2.40. The van der Waals surface area contributed by atoms with Crippen molar-refractivity contribution in [2.24, 2.45) is 5.92 Å².